The molecular formula is C15H22INO. The quantitative estimate of drug-likeness (QED) is 0.747. The second-order valence-corrected chi connectivity index (χ2v) is 7.64. The average molecular weight is 359 g/mol. The third kappa shape index (κ3) is 3.93. The van der Waals surface area contributed by atoms with Crippen LogP contribution in [0.2, 0.25) is 0 Å². The van der Waals surface area contributed by atoms with Crippen molar-refractivity contribution in [3.8, 4) is 0 Å². The van der Waals surface area contributed by atoms with Crippen LogP contribution in [0.4, 0.5) is 0 Å². The Kier molecular flexibility index (Phi) is 4.04. The van der Waals surface area contributed by atoms with E-state index in [1.54, 1.807) is 0 Å². The first-order valence-corrected chi connectivity index (χ1v) is 7.51. The van der Waals surface area contributed by atoms with Crippen LogP contribution in [0.5, 0.6) is 0 Å². The van der Waals surface area contributed by atoms with Gasteiger partial charge in [0.15, 0.2) is 0 Å². The van der Waals surface area contributed by atoms with Crippen molar-refractivity contribution in [3.63, 3.8) is 0 Å². The summed E-state index contributed by atoms with van der Waals surface area (Å²) in [5.74, 6) is 0. The van der Waals surface area contributed by atoms with Gasteiger partial charge in [0.05, 0.1) is 11.2 Å². The van der Waals surface area contributed by atoms with Crippen molar-refractivity contribution < 1.29 is 4.74 Å². The molecule has 0 spiro atoms. The summed E-state index contributed by atoms with van der Waals surface area (Å²) in [5.41, 5.74) is 1.25. The monoisotopic (exact) mass is 359 g/mol. The van der Waals surface area contributed by atoms with Crippen molar-refractivity contribution in [3.05, 3.63) is 33.4 Å². The van der Waals surface area contributed by atoms with E-state index in [0.29, 0.717) is 0 Å². The first kappa shape index (κ1) is 14.3. The van der Waals surface area contributed by atoms with Gasteiger partial charge in [0.2, 0.25) is 0 Å². The molecule has 1 fully saturated rings. The van der Waals surface area contributed by atoms with Gasteiger partial charge >= 0.3 is 0 Å². The Bertz CT molecular complexity index is 395. The Balaban J connectivity index is 2.07. The molecule has 1 saturated heterocycles. The molecule has 0 unspecified atom stereocenters. The molecule has 1 aromatic rings. The first-order valence-electron chi connectivity index (χ1n) is 6.43. The zero-order valence-electron chi connectivity index (χ0n) is 11.7. The predicted octanol–water partition coefficient (Wildman–Crippen LogP) is 3.68. The van der Waals surface area contributed by atoms with Gasteiger partial charge in [-0.1, -0.05) is 12.1 Å². The molecule has 0 saturated carbocycles. The minimum absolute atomic E-state index is 0.0645. The highest BCUT2D eigenvalue weighted by molar-refractivity contribution is 14.1. The van der Waals surface area contributed by atoms with Crippen molar-refractivity contribution >= 4 is 22.6 Å². The zero-order valence-corrected chi connectivity index (χ0v) is 13.8. The third-order valence-electron chi connectivity index (χ3n) is 3.08. The largest absolute Gasteiger partial charge is 0.367 e. The Morgan fingerprint density at radius 3 is 2.06 bits per heavy atom. The van der Waals surface area contributed by atoms with Crippen LogP contribution in [0.1, 0.15) is 33.3 Å². The molecule has 0 aliphatic carbocycles. The fourth-order valence-electron chi connectivity index (χ4n) is 2.91. The van der Waals surface area contributed by atoms with E-state index in [1.807, 2.05) is 0 Å². The van der Waals surface area contributed by atoms with Crippen LogP contribution in [0.3, 0.4) is 0 Å². The maximum Gasteiger partial charge on any atom is 0.0760 e. The number of rotatable bonds is 2. The minimum atomic E-state index is -0.0645. The van der Waals surface area contributed by atoms with Gasteiger partial charge in [-0.25, -0.2) is 0 Å². The summed E-state index contributed by atoms with van der Waals surface area (Å²) in [6.07, 6.45) is 0. The molecule has 1 aliphatic rings. The van der Waals surface area contributed by atoms with E-state index >= 15 is 0 Å². The Morgan fingerprint density at radius 1 is 1.06 bits per heavy atom. The Hall–Kier alpha value is -0.130. The molecule has 1 aromatic carbocycles. The summed E-state index contributed by atoms with van der Waals surface area (Å²) in [5, 5.41) is 0. The van der Waals surface area contributed by atoms with Gasteiger partial charge < -0.3 is 4.74 Å². The summed E-state index contributed by atoms with van der Waals surface area (Å²) < 4.78 is 7.40. The minimum Gasteiger partial charge on any atom is -0.367 e. The van der Waals surface area contributed by atoms with Crippen LogP contribution in [0.25, 0.3) is 0 Å². The van der Waals surface area contributed by atoms with Gasteiger partial charge in [-0.2, -0.15) is 0 Å². The van der Waals surface area contributed by atoms with Gasteiger partial charge in [0.1, 0.15) is 0 Å². The van der Waals surface area contributed by atoms with Crippen LogP contribution in [-0.2, 0) is 11.3 Å². The lowest BCUT2D eigenvalue weighted by atomic mass is 9.98. The van der Waals surface area contributed by atoms with Crippen molar-refractivity contribution in [1.82, 2.24) is 4.90 Å². The molecule has 0 N–H and O–H groups in total. The summed E-state index contributed by atoms with van der Waals surface area (Å²) in [6.45, 7) is 11.7. The molecule has 100 valence electrons. The highest BCUT2D eigenvalue weighted by Crippen LogP contribution is 2.28. The van der Waals surface area contributed by atoms with Crippen molar-refractivity contribution in [1.29, 1.82) is 0 Å². The van der Waals surface area contributed by atoms with Gasteiger partial charge in [-0.05, 0) is 68.0 Å². The fraction of sp³-hybridized carbons (Fsp3) is 0.600. The molecule has 3 heteroatoms. The second kappa shape index (κ2) is 5.10. The summed E-state index contributed by atoms with van der Waals surface area (Å²) in [4.78, 5) is 2.49. The van der Waals surface area contributed by atoms with Gasteiger partial charge in [0.25, 0.3) is 0 Å². The number of benzene rings is 1. The van der Waals surface area contributed by atoms with E-state index in [0.717, 1.165) is 19.6 Å². The smallest absolute Gasteiger partial charge is 0.0760 e. The molecule has 1 heterocycles. The lowest BCUT2D eigenvalue weighted by molar-refractivity contribution is -0.182. The van der Waals surface area contributed by atoms with Crippen molar-refractivity contribution in [2.24, 2.45) is 0 Å². The molecule has 1 aliphatic heterocycles. The van der Waals surface area contributed by atoms with Crippen molar-refractivity contribution in [2.45, 2.75) is 45.4 Å². The zero-order chi connectivity index (χ0) is 13.4. The van der Waals surface area contributed by atoms with Crippen LogP contribution >= 0.6 is 22.6 Å². The van der Waals surface area contributed by atoms with E-state index in [-0.39, 0.29) is 11.2 Å². The van der Waals surface area contributed by atoms with Gasteiger partial charge in [-0.15, -0.1) is 0 Å². The topological polar surface area (TPSA) is 12.5 Å². The number of morpholine rings is 1. The average Bonchev–Trinajstić information content (AvgIpc) is 2.16. The standard InChI is InChI=1S/C15H22INO/c1-14(2)10-17(11-15(3,4)18-14)9-12-5-7-13(16)8-6-12/h5-8H,9-11H2,1-4H3. The van der Waals surface area contributed by atoms with E-state index in [2.05, 4.69) is 79.5 Å². The summed E-state index contributed by atoms with van der Waals surface area (Å²) in [7, 11) is 0. The van der Waals surface area contributed by atoms with Gasteiger partial charge in [0, 0.05) is 23.2 Å². The number of nitrogens with zero attached hydrogens (tertiary/aromatic N) is 1. The fourth-order valence-corrected chi connectivity index (χ4v) is 3.26. The molecule has 0 atom stereocenters. The highest BCUT2D eigenvalue weighted by atomic mass is 127. The summed E-state index contributed by atoms with van der Waals surface area (Å²) in [6, 6.07) is 8.79. The van der Waals surface area contributed by atoms with E-state index < -0.39 is 0 Å². The molecule has 2 rings (SSSR count). The normalized spacial score (nSPS) is 22.9. The number of hydrogen-bond donors (Lipinski definition) is 0. The second-order valence-electron chi connectivity index (χ2n) is 6.39. The molecule has 0 radical (unpaired) electrons. The number of halogens is 1. The Labute approximate surface area is 124 Å². The highest BCUT2D eigenvalue weighted by Gasteiger charge is 2.37. The lowest BCUT2D eigenvalue weighted by Gasteiger charge is -2.47. The molecule has 0 aromatic heterocycles. The SMILES string of the molecule is CC1(C)CN(Cc2ccc(I)cc2)CC(C)(C)O1. The lowest BCUT2D eigenvalue weighted by Crippen LogP contribution is -2.56. The first-order chi connectivity index (χ1) is 8.26. The van der Waals surface area contributed by atoms with Gasteiger partial charge in [-0.3, -0.25) is 4.90 Å². The summed E-state index contributed by atoms with van der Waals surface area (Å²) >= 11 is 2.34. The molecule has 0 bridgehead atoms. The van der Waals surface area contributed by atoms with Crippen LogP contribution in [-0.4, -0.2) is 29.2 Å². The van der Waals surface area contributed by atoms with Crippen molar-refractivity contribution in [2.75, 3.05) is 13.1 Å². The Morgan fingerprint density at radius 2 is 1.56 bits per heavy atom. The molecule has 0 amide bonds. The predicted molar refractivity (Wildman–Crippen MR) is 83.7 cm³/mol. The third-order valence-corrected chi connectivity index (χ3v) is 3.80. The van der Waals surface area contributed by atoms with E-state index in [9.17, 15) is 0 Å². The molecular weight excluding hydrogens is 337 g/mol. The van der Waals surface area contributed by atoms with Crippen LogP contribution in [0.15, 0.2) is 24.3 Å². The maximum absolute atomic E-state index is 6.11. The molecule has 18 heavy (non-hydrogen) atoms. The molecule has 2 nitrogen and oxygen atoms in total. The van der Waals surface area contributed by atoms with Crippen LogP contribution in [0, 0.1) is 3.57 Å². The van der Waals surface area contributed by atoms with E-state index in [4.69, 9.17) is 4.74 Å². The number of hydrogen-bond acceptors (Lipinski definition) is 2. The maximum atomic E-state index is 6.11. The van der Waals surface area contributed by atoms with Crippen LogP contribution < -0.4 is 0 Å². The van der Waals surface area contributed by atoms with E-state index in [1.165, 1.54) is 9.13 Å². The number of ether oxygens (including phenoxy) is 1.